The maximum absolute atomic E-state index is 11.2. The third-order valence-electron chi connectivity index (χ3n) is 2.27. The van der Waals surface area contributed by atoms with E-state index in [1.807, 2.05) is 0 Å². The van der Waals surface area contributed by atoms with Crippen LogP contribution in [0.5, 0.6) is 0 Å². The van der Waals surface area contributed by atoms with Crippen molar-refractivity contribution in [2.75, 3.05) is 0 Å². The van der Waals surface area contributed by atoms with Crippen molar-refractivity contribution in [2.24, 2.45) is 11.3 Å². The van der Waals surface area contributed by atoms with Crippen LogP contribution in [0.2, 0.25) is 0 Å². The number of hydrogen-bond acceptors (Lipinski definition) is 2. The molecule has 2 nitrogen and oxygen atoms in total. The highest BCUT2D eigenvalue weighted by Crippen LogP contribution is 2.38. The summed E-state index contributed by atoms with van der Waals surface area (Å²) in [6.07, 6.45) is 2.12. The minimum absolute atomic E-state index is 0.0578. The molecular weight excluding hydrogens is 140 g/mol. The molecule has 11 heavy (non-hydrogen) atoms. The van der Waals surface area contributed by atoms with Gasteiger partial charge >= 0.3 is 0 Å². The lowest BCUT2D eigenvalue weighted by molar-refractivity contribution is -0.157. The first-order chi connectivity index (χ1) is 5.01. The van der Waals surface area contributed by atoms with Crippen LogP contribution in [0.1, 0.15) is 20.3 Å². The first kappa shape index (κ1) is 8.18. The number of carbonyl (C=O) groups excluding carboxylic acids is 2. The molecule has 60 valence electrons. The molecule has 1 saturated carbocycles. The van der Waals surface area contributed by atoms with E-state index in [9.17, 15) is 9.59 Å². The van der Waals surface area contributed by atoms with Gasteiger partial charge in [-0.05, 0) is 20.3 Å². The summed E-state index contributed by atoms with van der Waals surface area (Å²) >= 11 is 0. The van der Waals surface area contributed by atoms with Crippen LogP contribution in [0, 0.1) is 11.3 Å². The summed E-state index contributed by atoms with van der Waals surface area (Å²) in [5.41, 5.74) is -0.715. The van der Waals surface area contributed by atoms with Crippen molar-refractivity contribution in [3.05, 3.63) is 12.7 Å². The molecular formula is C9H12O2. The van der Waals surface area contributed by atoms with Gasteiger partial charge in [0.2, 0.25) is 0 Å². The van der Waals surface area contributed by atoms with E-state index in [-0.39, 0.29) is 17.5 Å². The van der Waals surface area contributed by atoms with E-state index in [2.05, 4.69) is 6.58 Å². The van der Waals surface area contributed by atoms with E-state index in [1.165, 1.54) is 0 Å². The van der Waals surface area contributed by atoms with Crippen LogP contribution in [0.25, 0.3) is 0 Å². The second-order valence-electron chi connectivity index (χ2n) is 3.43. The maximum atomic E-state index is 11.2. The molecule has 0 aliphatic heterocycles. The van der Waals surface area contributed by atoms with Gasteiger partial charge in [0, 0.05) is 0 Å². The zero-order chi connectivity index (χ0) is 8.65. The van der Waals surface area contributed by atoms with Crippen molar-refractivity contribution >= 4 is 11.6 Å². The van der Waals surface area contributed by atoms with Gasteiger partial charge in [-0.2, -0.15) is 0 Å². The van der Waals surface area contributed by atoms with Crippen LogP contribution >= 0.6 is 0 Å². The molecule has 0 saturated heterocycles. The van der Waals surface area contributed by atoms with Crippen LogP contribution < -0.4 is 0 Å². The van der Waals surface area contributed by atoms with Crippen molar-refractivity contribution in [3.63, 3.8) is 0 Å². The molecule has 0 heterocycles. The molecule has 0 aromatic carbocycles. The lowest BCUT2D eigenvalue weighted by Gasteiger charge is -2.37. The number of ketones is 2. The highest BCUT2D eigenvalue weighted by molar-refractivity contribution is 6.26. The molecule has 0 aromatic rings. The largest absolute Gasteiger partial charge is 0.298 e. The Bertz CT molecular complexity index is 208. The van der Waals surface area contributed by atoms with Gasteiger partial charge in [-0.1, -0.05) is 6.08 Å². The first-order valence-electron chi connectivity index (χ1n) is 3.71. The van der Waals surface area contributed by atoms with E-state index in [4.69, 9.17) is 0 Å². The van der Waals surface area contributed by atoms with Gasteiger partial charge in [0.05, 0.1) is 11.3 Å². The Morgan fingerprint density at radius 2 is 1.91 bits per heavy atom. The Hall–Kier alpha value is -0.920. The van der Waals surface area contributed by atoms with E-state index < -0.39 is 5.41 Å². The van der Waals surface area contributed by atoms with E-state index in [1.54, 1.807) is 19.9 Å². The minimum Gasteiger partial charge on any atom is -0.298 e. The molecule has 0 atom stereocenters. The fraction of sp³-hybridized carbons (Fsp3) is 0.556. The third-order valence-corrected chi connectivity index (χ3v) is 2.27. The van der Waals surface area contributed by atoms with Crippen molar-refractivity contribution in [2.45, 2.75) is 20.3 Å². The van der Waals surface area contributed by atoms with Gasteiger partial charge in [-0.15, -0.1) is 6.58 Å². The maximum Gasteiger partial charge on any atom is 0.156 e. The molecule has 0 aromatic heterocycles. The number of allylic oxidation sites excluding steroid dienone is 1. The third kappa shape index (κ3) is 0.934. The van der Waals surface area contributed by atoms with Crippen molar-refractivity contribution in [1.29, 1.82) is 0 Å². The van der Waals surface area contributed by atoms with Crippen LogP contribution in [0.3, 0.4) is 0 Å². The molecule has 1 aliphatic rings. The highest BCUT2D eigenvalue weighted by Gasteiger charge is 2.54. The van der Waals surface area contributed by atoms with Gasteiger partial charge in [0.1, 0.15) is 0 Å². The van der Waals surface area contributed by atoms with E-state index in [0.29, 0.717) is 6.42 Å². The fourth-order valence-electron chi connectivity index (χ4n) is 1.41. The second kappa shape index (κ2) is 2.29. The fourth-order valence-corrected chi connectivity index (χ4v) is 1.41. The average Bonchev–Trinajstić information content (AvgIpc) is 1.98. The smallest absolute Gasteiger partial charge is 0.156 e. The number of Topliss-reactive ketones (excluding diaryl/α,β-unsaturated/α-hetero) is 2. The number of rotatable bonds is 2. The molecule has 1 fully saturated rings. The summed E-state index contributed by atoms with van der Waals surface area (Å²) in [5.74, 6) is -0.271. The summed E-state index contributed by atoms with van der Waals surface area (Å²) in [4.78, 5) is 22.4. The molecule has 2 heteroatoms. The van der Waals surface area contributed by atoms with Crippen LogP contribution in [-0.2, 0) is 9.59 Å². The van der Waals surface area contributed by atoms with E-state index in [0.717, 1.165) is 0 Å². The molecule has 0 radical (unpaired) electrons. The summed E-state index contributed by atoms with van der Waals surface area (Å²) < 4.78 is 0. The molecule has 0 bridgehead atoms. The van der Waals surface area contributed by atoms with Crippen LogP contribution in [0.15, 0.2) is 12.7 Å². The van der Waals surface area contributed by atoms with Gasteiger partial charge in [0.25, 0.3) is 0 Å². The quantitative estimate of drug-likeness (QED) is 0.442. The number of carbonyl (C=O) groups is 2. The predicted molar refractivity (Wildman–Crippen MR) is 42.1 cm³/mol. The van der Waals surface area contributed by atoms with Crippen molar-refractivity contribution in [1.82, 2.24) is 0 Å². The molecule has 0 amide bonds. The Morgan fingerprint density at radius 1 is 1.45 bits per heavy atom. The van der Waals surface area contributed by atoms with Gasteiger partial charge < -0.3 is 0 Å². The monoisotopic (exact) mass is 152 g/mol. The van der Waals surface area contributed by atoms with Gasteiger partial charge in [-0.25, -0.2) is 0 Å². The topological polar surface area (TPSA) is 34.1 Å². The summed E-state index contributed by atoms with van der Waals surface area (Å²) in [5, 5.41) is 0. The zero-order valence-electron chi connectivity index (χ0n) is 6.89. The SMILES string of the molecule is C=CCC1C(=O)C(C)(C)C1=O. The van der Waals surface area contributed by atoms with Gasteiger partial charge in [0.15, 0.2) is 11.6 Å². The van der Waals surface area contributed by atoms with Crippen molar-refractivity contribution in [3.8, 4) is 0 Å². The molecule has 0 spiro atoms. The van der Waals surface area contributed by atoms with Crippen LogP contribution in [0.4, 0.5) is 0 Å². The predicted octanol–water partition coefficient (Wildman–Crippen LogP) is 1.36. The molecule has 0 N–H and O–H groups in total. The van der Waals surface area contributed by atoms with Crippen LogP contribution in [-0.4, -0.2) is 11.6 Å². The number of hydrogen-bond donors (Lipinski definition) is 0. The normalized spacial score (nSPS) is 23.1. The highest BCUT2D eigenvalue weighted by atomic mass is 16.2. The second-order valence-corrected chi connectivity index (χ2v) is 3.43. The molecule has 0 unspecified atom stereocenters. The Balaban J connectivity index is 2.72. The lowest BCUT2D eigenvalue weighted by Crippen LogP contribution is -2.54. The molecule has 1 aliphatic carbocycles. The van der Waals surface area contributed by atoms with Gasteiger partial charge in [-0.3, -0.25) is 9.59 Å². The first-order valence-corrected chi connectivity index (χ1v) is 3.71. The minimum atomic E-state index is -0.715. The summed E-state index contributed by atoms with van der Waals surface area (Å²) in [6, 6.07) is 0. The Labute approximate surface area is 66.3 Å². The lowest BCUT2D eigenvalue weighted by atomic mass is 9.61. The zero-order valence-corrected chi connectivity index (χ0v) is 6.89. The Kier molecular flexibility index (Phi) is 1.70. The van der Waals surface area contributed by atoms with E-state index >= 15 is 0 Å². The average molecular weight is 152 g/mol. The summed E-state index contributed by atoms with van der Waals surface area (Å²) in [6.45, 7) is 6.85. The summed E-state index contributed by atoms with van der Waals surface area (Å²) in [7, 11) is 0. The van der Waals surface area contributed by atoms with Crippen molar-refractivity contribution < 1.29 is 9.59 Å². The Morgan fingerprint density at radius 3 is 2.27 bits per heavy atom. The molecule has 1 rings (SSSR count). The standard InChI is InChI=1S/C9H12O2/c1-4-5-6-7(10)9(2,3)8(6)11/h4,6H,1,5H2,2-3H3.